The molecule has 2 aromatic carbocycles. The van der Waals surface area contributed by atoms with E-state index in [0.717, 1.165) is 12.0 Å². The number of hydrogen-bond acceptors (Lipinski definition) is 4. The summed E-state index contributed by atoms with van der Waals surface area (Å²) >= 11 is 1.67. The highest BCUT2D eigenvalue weighted by Gasteiger charge is 2.33. The molecule has 2 heterocycles. The van der Waals surface area contributed by atoms with Crippen molar-refractivity contribution in [2.24, 2.45) is 0 Å². The minimum absolute atomic E-state index is 0.0493. The summed E-state index contributed by atoms with van der Waals surface area (Å²) in [5, 5.41) is 2.02. The molecule has 5 nitrogen and oxygen atoms in total. The summed E-state index contributed by atoms with van der Waals surface area (Å²) in [5.74, 6) is -0.150. The van der Waals surface area contributed by atoms with E-state index in [2.05, 4.69) is 6.58 Å². The molecule has 0 N–H and O–H groups in total. The summed E-state index contributed by atoms with van der Waals surface area (Å²) in [7, 11) is 0. The molecule has 2 amide bonds. The second-order valence-electron chi connectivity index (χ2n) is 7.76. The zero-order chi connectivity index (χ0) is 23.2. The van der Waals surface area contributed by atoms with Gasteiger partial charge in [0.15, 0.2) is 0 Å². The van der Waals surface area contributed by atoms with Crippen LogP contribution < -0.4 is 4.74 Å². The normalized spacial score (nSPS) is 14.9. The molecule has 4 rings (SSSR count). The van der Waals surface area contributed by atoms with Crippen LogP contribution in [0.1, 0.15) is 26.8 Å². The lowest BCUT2D eigenvalue weighted by Crippen LogP contribution is -2.47. The molecule has 1 aromatic heterocycles. The number of thiophene rings is 1. The number of carbonyl (C=O) groups excluding carboxylic acids is 2. The van der Waals surface area contributed by atoms with Gasteiger partial charge in [-0.15, -0.1) is 17.9 Å². The van der Waals surface area contributed by atoms with Gasteiger partial charge in [-0.2, -0.15) is 0 Å². The van der Waals surface area contributed by atoms with Crippen molar-refractivity contribution in [3.8, 4) is 5.75 Å². The Kier molecular flexibility index (Phi) is 7.19. The summed E-state index contributed by atoms with van der Waals surface area (Å²) in [6, 6.07) is 16.5. The lowest BCUT2D eigenvalue weighted by Gasteiger charge is -2.37. The molecular weight excluding hydrogens is 439 g/mol. The van der Waals surface area contributed by atoms with Crippen LogP contribution in [-0.4, -0.2) is 47.9 Å². The van der Waals surface area contributed by atoms with Gasteiger partial charge in [0.25, 0.3) is 5.91 Å². The fourth-order valence-corrected chi connectivity index (χ4v) is 4.90. The lowest BCUT2D eigenvalue weighted by atomic mass is 10.0. The maximum Gasteiger partial charge on any atom is 0.254 e. The van der Waals surface area contributed by atoms with Crippen molar-refractivity contribution in [1.82, 2.24) is 9.80 Å². The molecule has 0 saturated carbocycles. The van der Waals surface area contributed by atoms with Crippen LogP contribution in [-0.2, 0) is 11.2 Å². The first-order chi connectivity index (χ1) is 16.1. The van der Waals surface area contributed by atoms with Gasteiger partial charge in [-0.25, -0.2) is 4.39 Å². The van der Waals surface area contributed by atoms with E-state index >= 15 is 0 Å². The molecule has 0 spiro atoms. The van der Waals surface area contributed by atoms with Crippen molar-refractivity contribution < 1.29 is 18.7 Å². The van der Waals surface area contributed by atoms with E-state index in [9.17, 15) is 14.0 Å². The molecule has 0 radical (unpaired) electrons. The first kappa shape index (κ1) is 22.7. The molecule has 3 aromatic rings. The molecule has 1 aliphatic heterocycles. The number of carbonyl (C=O) groups is 2. The molecule has 1 atom stereocenters. The Morgan fingerprint density at radius 1 is 1.15 bits per heavy atom. The van der Waals surface area contributed by atoms with Crippen LogP contribution in [0.5, 0.6) is 5.75 Å². The van der Waals surface area contributed by atoms with Crippen molar-refractivity contribution >= 4 is 23.2 Å². The lowest BCUT2D eigenvalue weighted by molar-refractivity contribution is -0.135. The average molecular weight is 465 g/mol. The molecule has 0 aliphatic carbocycles. The van der Waals surface area contributed by atoms with Crippen molar-refractivity contribution in [1.29, 1.82) is 0 Å². The van der Waals surface area contributed by atoms with Crippen LogP contribution in [0.25, 0.3) is 0 Å². The minimum atomic E-state index is -0.331. The van der Waals surface area contributed by atoms with Crippen LogP contribution in [0.15, 0.2) is 78.7 Å². The van der Waals surface area contributed by atoms with Crippen LogP contribution >= 0.6 is 11.3 Å². The van der Waals surface area contributed by atoms with Gasteiger partial charge in [0.1, 0.15) is 24.7 Å². The van der Waals surface area contributed by atoms with Crippen molar-refractivity contribution in [2.45, 2.75) is 12.5 Å². The van der Waals surface area contributed by atoms with Gasteiger partial charge in [-0.3, -0.25) is 9.59 Å². The molecule has 170 valence electrons. The number of fused-ring (bicyclic) bond motifs is 1. The number of halogens is 1. The van der Waals surface area contributed by atoms with Crippen LogP contribution in [0.4, 0.5) is 4.39 Å². The van der Waals surface area contributed by atoms with Crippen LogP contribution in [0.2, 0.25) is 0 Å². The molecule has 0 bridgehead atoms. The number of nitrogens with zero attached hydrogens (tertiary/aromatic N) is 2. The van der Waals surface area contributed by atoms with Gasteiger partial charge in [0.05, 0.1) is 6.04 Å². The minimum Gasteiger partial charge on any atom is -0.491 e. The smallest absolute Gasteiger partial charge is 0.254 e. The second-order valence-corrected chi connectivity index (χ2v) is 8.76. The predicted octanol–water partition coefficient (Wildman–Crippen LogP) is 4.72. The maximum atomic E-state index is 13.4. The van der Waals surface area contributed by atoms with E-state index in [0.29, 0.717) is 17.9 Å². The Labute approximate surface area is 196 Å². The number of amides is 2. The monoisotopic (exact) mass is 464 g/mol. The van der Waals surface area contributed by atoms with Gasteiger partial charge in [-0.1, -0.05) is 24.3 Å². The van der Waals surface area contributed by atoms with Crippen molar-refractivity contribution in [2.75, 3.05) is 26.2 Å². The van der Waals surface area contributed by atoms with Gasteiger partial charge < -0.3 is 14.5 Å². The molecule has 1 aliphatic rings. The number of rotatable bonds is 8. The standard InChI is InChI=1S/C26H25FN2O3S/c1-2-14-28(26(31)19-6-4-3-5-7-19)17-25(30)29-15-12-24-22(13-16-33-24)23(29)18-32-21-10-8-20(27)9-11-21/h2-11,13,16,23H,1,12,14-15,17-18H2/t23-/m0/s1. The summed E-state index contributed by atoms with van der Waals surface area (Å²) in [6.07, 6.45) is 2.39. The molecule has 0 unspecified atom stereocenters. The van der Waals surface area contributed by atoms with E-state index < -0.39 is 0 Å². The Hall–Kier alpha value is -3.45. The fourth-order valence-electron chi connectivity index (χ4n) is 3.97. The Morgan fingerprint density at radius 2 is 1.91 bits per heavy atom. The maximum absolute atomic E-state index is 13.4. The Balaban J connectivity index is 1.51. The summed E-state index contributed by atoms with van der Waals surface area (Å²) in [6.45, 7) is 4.75. The van der Waals surface area contributed by atoms with Gasteiger partial charge in [-0.05, 0) is 59.8 Å². The zero-order valence-corrected chi connectivity index (χ0v) is 19.0. The van der Waals surface area contributed by atoms with Gasteiger partial charge in [0, 0.05) is 23.5 Å². The van der Waals surface area contributed by atoms with E-state index in [-0.39, 0.29) is 43.4 Å². The summed E-state index contributed by atoms with van der Waals surface area (Å²) < 4.78 is 19.2. The molecule has 0 saturated heterocycles. The first-order valence-corrected chi connectivity index (χ1v) is 11.6. The zero-order valence-electron chi connectivity index (χ0n) is 18.2. The topological polar surface area (TPSA) is 49.9 Å². The van der Waals surface area contributed by atoms with Gasteiger partial charge in [0.2, 0.25) is 5.91 Å². The predicted molar refractivity (Wildman–Crippen MR) is 127 cm³/mol. The summed E-state index contributed by atoms with van der Waals surface area (Å²) in [5.41, 5.74) is 1.59. The van der Waals surface area contributed by atoms with Crippen molar-refractivity contribution in [3.05, 3.63) is 101 Å². The van der Waals surface area contributed by atoms with Crippen molar-refractivity contribution in [3.63, 3.8) is 0 Å². The quantitative estimate of drug-likeness (QED) is 0.453. The highest BCUT2D eigenvalue weighted by molar-refractivity contribution is 7.10. The largest absolute Gasteiger partial charge is 0.491 e. The SMILES string of the molecule is C=CCN(CC(=O)N1CCc2sccc2[C@@H]1COc1ccc(F)cc1)C(=O)c1ccccc1. The fraction of sp³-hybridized carbons (Fsp3) is 0.231. The molecule has 0 fully saturated rings. The average Bonchev–Trinajstić information content (AvgIpc) is 3.32. The highest BCUT2D eigenvalue weighted by Crippen LogP contribution is 2.34. The molecular formula is C26H25FN2O3S. The van der Waals surface area contributed by atoms with Crippen LogP contribution in [0, 0.1) is 5.82 Å². The van der Waals surface area contributed by atoms with Gasteiger partial charge >= 0.3 is 0 Å². The van der Waals surface area contributed by atoms with E-state index in [4.69, 9.17) is 4.74 Å². The van der Waals surface area contributed by atoms with E-state index in [1.165, 1.54) is 21.9 Å². The third-order valence-corrected chi connectivity index (χ3v) is 6.62. The van der Waals surface area contributed by atoms with E-state index in [1.807, 2.05) is 17.5 Å². The third-order valence-electron chi connectivity index (χ3n) is 5.62. The Morgan fingerprint density at radius 3 is 2.64 bits per heavy atom. The second kappa shape index (κ2) is 10.4. The van der Waals surface area contributed by atoms with E-state index in [1.54, 1.807) is 58.7 Å². The Bertz CT molecular complexity index is 1110. The summed E-state index contributed by atoms with van der Waals surface area (Å²) in [4.78, 5) is 30.9. The molecule has 7 heteroatoms. The number of benzene rings is 2. The molecule has 33 heavy (non-hydrogen) atoms. The third kappa shape index (κ3) is 5.31. The highest BCUT2D eigenvalue weighted by atomic mass is 32.1. The number of ether oxygens (including phenoxy) is 1. The first-order valence-electron chi connectivity index (χ1n) is 10.8. The van der Waals surface area contributed by atoms with Crippen LogP contribution in [0.3, 0.4) is 0 Å². The number of hydrogen-bond donors (Lipinski definition) is 0.